The lowest BCUT2D eigenvalue weighted by atomic mass is 10.0. The summed E-state index contributed by atoms with van der Waals surface area (Å²) in [5, 5.41) is 0. The molecule has 0 aromatic carbocycles. The molecule has 0 amide bonds. The minimum absolute atomic E-state index is 0.0251. The van der Waals surface area contributed by atoms with Crippen molar-refractivity contribution in [2.45, 2.75) is 302 Å². The molecule has 0 aromatic rings. The predicted octanol–water partition coefficient (Wildman–Crippen LogP) is 16.9. The Morgan fingerprint density at radius 2 is 0.682 bits per heavy atom. The number of esters is 2. The zero-order valence-electron chi connectivity index (χ0n) is 44.7. The van der Waals surface area contributed by atoms with Crippen LogP contribution in [0.25, 0.3) is 0 Å². The molecular formula is C56H112NO8P. The number of ether oxygens (including phenoxy) is 2. The summed E-state index contributed by atoms with van der Waals surface area (Å²) in [5.74, 6) is -0.810. The first kappa shape index (κ1) is 65.0. The molecule has 0 rings (SSSR count). The summed E-state index contributed by atoms with van der Waals surface area (Å²) in [5.41, 5.74) is 0. The monoisotopic (exact) mass is 958 g/mol. The number of hydrogen-bond acceptors (Lipinski definition) is 8. The van der Waals surface area contributed by atoms with E-state index in [1.54, 1.807) is 0 Å². The number of carbonyl (C=O) groups is 2. The largest absolute Gasteiger partial charge is 0.756 e. The molecule has 0 bridgehead atoms. The molecule has 0 aliphatic rings. The molecule has 10 heteroatoms. The molecule has 66 heavy (non-hydrogen) atoms. The van der Waals surface area contributed by atoms with Gasteiger partial charge < -0.3 is 27.9 Å². The summed E-state index contributed by atoms with van der Waals surface area (Å²) in [6, 6.07) is 0. The van der Waals surface area contributed by atoms with Gasteiger partial charge in [0.05, 0.1) is 27.7 Å². The van der Waals surface area contributed by atoms with Crippen molar-refractivity contribution in [1.29, 1.82) is 0 Å². The van der Waals surface area contributed by atoms with E-state index >= 15 is 0 Å². The van der Waals surface area contributed by atoms with E-state index in [2.05, 4.69) is 13.8 Å². The Morgan fingerprint density at radius 3 is 0.970 bits per heavy atom. The highest BCUT2D eigenvalue weighted by atomic mass is 31.2. The molecule has 0 aromatic heterocycles. The summed E-state index contributed by atoms with van der Waals surface area (Å²) in [6.45, 7) is 4.31. The lowest BCUT2D eigenvalue weighted by Gasteiger charge is -2.28. The number of unbranched alkanes of at least 4 members (excludes halogenated alkanes) is 40. The SMILES string of the molecule is CCCCCCCCCCCCCCCCCCCCCCCCCCCC(=O)OC(COC(=O)CCCCCCCCCCCCCCCCCCC)COP(=O)([O-])OCC[N+](C)(C)C. The van der Waals surface area contributed by atoms with Crippen LogP contribution in [0, 0.1) is 0 Å². The van der Waals surface area contributed by atoms with Crippen LogP contribution in [0.2, 0.25) is 0 Å². The number of hydrogen-bond donors (Lipinski definition) is 0. The van der Waals surface area contributed by atoms with Crippen LogP contribution in [0.4, 0.5) is 0 Å². The minimum Gasteiger partial charge on any atom is -0.756 e. The second-order valence-corrected chi connectivity index (χ2v) is 22.4. The van der Waals surface area contributed by atoms with Gasteiger partial charge in [0.2, 0.25) is 0 Å². The van der Waals surface area contributed by atoms with Crippen LogP contribution in [0.3, 0.4) is 0 Å². The van der Waals surface area contributed by atoms with Gasteiger partial charge in [-0.2, -0.15) is 0 Å². The second-order valence-electron chi connectivity index (χ2n) is 21.0. The number of rotatable bonds is 54. The molecule has 0 saturated heterocycles. The number of nitrogens with zero attached hydrogens (tertiary/aromatic N) is 1. The predicted molar refractivity (Wildman–Crippen MR) is 278 cm³/mol. The van der Waals surface area contributed by atoms with E-state index in [0.29, 0.717) is 17.4 Å². The van der Waals surface area contributed by atoms with Gasteiger partial charge in [-0.15, -0.1) is 0 Å². The fourth-order valence-corrected chi connectivity index (χ4v) is 9.39. The number of likely N-dealkylation sites (N-methyl/N-ethyl adjacent to an activating group) is 1. The van der Waals surface area contributed by atoms with Crippen molar-refractivity contribution in [1.82, 2.24) is 0 Å². The number of phosphoric ester groups is 1. The van der Waals surface area contributed by atoms with E-state index in [1.165, 1.54) is 231 Å². The molecule has 2 atom stereocenters. The Labute approximate surface area is 410 Å². The van der Waals surface area contributed by atoms with Crippen molar-refractivity contribution < 1.29 is 42.1 Å². The van der Waals surface area contributed by atoms with Crippen molar-refractivity contribution in [3.05, 3.63) is 0 Å². The maximum absolute atomic E-state index is 12.8. The fourth-order valence-electron chi connectivity index (χ4n) is 8.66. The Hall–Kier alpha value is -0.990. The Balaban J connectivity index is 4.09. The lowest BCUT2D eigenvalue weighted by molar-refractivity contribution is -0.870. The topological polar surface area (TPSA) is 111 Å². The average Bonchev–Trinajstić information content (AvgIpc) is 3.27. The van der Waals surface area contributed by atoms with E-state index in [-0.39, 0.29) is 32.0 Å². The Bertz CT molecular complexity index is 1080. The molecule has 0 heterocycles. The van der Waals surface area contributed by atoms with Crippen molar-refractivity contribution in [3.8, 4) is 0 Å². The lowest BCUT2D eigenvalue weighted by Crippen LogP contribution is -2.37. The third-order valence-electron chi connectivity index (χ3n) is 13.1. The second kappa shape index (κ2) is 49.0. The first-order chi connectivity index (χ1) is 32.0. The highest BCUT2D eigenvalue weighted by molar-refractivity contribution is 7.45. The van der Waals surface area contributed by atoms with E-state index in [0.717, 1.165) is 32.1 Å². The van der Waals surface area contributed by atoms with E-state index in [9.17, 15) is 19.0 Å². The summed E-state index contributed by atoms with van der Waals surface area (Å²) in [6.07, 6.45) is 54.3. The van der Waals surface area contributed by atoms with Crippen LogP contribution in [0.5, 0.6) is 0 Å². The third kappa shape index (κ3) is 52.4. The molecule has 0 fully saturated rings. The summed E-state index contributed by atoms with van der Waals surface area (Å²) < 4.78 is 34.2. The molecule has 0 spiro atoms. The van der Waals surface area contributed by atoms with E-state index in [4.69, 9.17) is 18.5 Å². The molecule has 0 N–H and O–H groups in total. The minimum atomic E-state index is -4.63. The van der Waals surface area contributed by atoms with Gasteiger partial charge in [0.1, 0.15) is 19.8 Å². The third-order valence-corrected chi connectivity index (χ3v) is 14.1. The van der Waals surface area contributed by atoms with Crippen LogP contribution in [0.15, 0.2) is 0 Å². The highest BCUT2D eigenvalue weighted by Gasteiger charge is 2.22. The average molecular weight is 958 g/mol. The smallest absolute Gasteiger partial charge is 0.306 e. The number of quaternary nitrogens is 1. The van der Waals surface area contributed by atoms with Gasteiger partial charge in [-0.1, -0.05) is 271 Å². The quantitative estimate of drug-likeness (QED) is 0.0256. The van der Waals surface area contributed by atoms with Gasteiger partial charge in [0.25, 0.3) is 7.82 Å². The maximum atomic E-state index is 12.8. The molecular weight excluding hydrogens is 846 g/mol. The van der Waals surface area contributed by atoms with Gasteiger partial charge in [-0.05, 0) is 12.8 Å². The van der Waals surface area contributed by atoms with Gasteiger partial charge in [0, 0.05) is 12.8 Å². The Morgan fingerprint density at radius 1 is 0.409 bits per heavy atom. The molecule has 9 nitrogen and oxygen atoms in total. The van der Waals surface area contributed by atoms with Crippen LogP contribution in [-0.4, -0.2) is 70.0 Å². The van der Waals surface area contributed by atoms with Crippen LogP contribution < -0.4 is 4.89 Å². The van der Waals surface area contributed by atoms with Gasteiger partial charge in [0.15, 0.2) is 6.10 Å². The van der Waals surface area contributed by atoms with Crippen molar-refractivity contribution >= 4 is 19.8 Å². The first-order valence-electron chi connectivity index (χ1n) is 28.7. The normalized spacial score (nSPS) is 13.2. The van der Waals surface area contributed by atoms with Crippen LogP contribution in [-0.2, 0) is 32.7 Å². The Kier molecular flexibility index (Phi) is 48.3. The molecule has 0 aliphatic heterocycles. The maximum Gasteiger partial charge on any atom is 0.306 e. The molecule has 394 valence electrons. The van der Waals surface area contributed by atoms with Gasteiger partial charge >= 0.3 is 11.9 Å². The van der Waals surface area contributed by atoms with E-state index < -0.39 is 26.5 Å². The summed E-state index contributed by atoms with van der Waals surface area (Å²) in [7, 11) is 1.19. The van der Waals surface area contributed by atoms with Crippen LogP contribution in [0.1, 0.15) is 296 Å². The van der Waals surface area contributed by atoms with Crippen molar-refractivity contribution in [2.75, 3.05) is 47.5 Å². The molecule has 0 radical (unpaired) electrons. The van der Waals surface area contributed by atoms with Gasteiger partial charge in [-0.25, -0.2) is 0 Å². The highest BCUT2D eigenvalue weighted by Crippen LogP contribution is 2.38. The van der Waals surface area contributed by atoms with E-state index in [1.807, 2.05) is 21.1 Å². The summed E-state index contributed by atoms with van der Waals surface area (Å²) >= 11 is 0. The van der Waals surface area contributed by atoms with Crippen molar-refractivity contribution in [3.63, 3.8) is 0 Å². The zero-order chi connectivity index (χ0) is 48.5. The number of carbonyl (C=O) groups excluding carboxylic acids is 2. The van der Waals surface area contributed by atoms with Crippen LogP contribution >= 0.6 is 7.82 Å². The first-order valence-corrected chi connectivity index (χ1v) is 30.2. The number of phosphoric acid groups is 1. The standard InChI is InChI=1S/C56H112NO8P/c1-6-8-10-12-14-16-18-20-22-24-25-26-27-28-29-30-31-33-35-37-39-41-43-45-47-49-56(59)65-54(53-64-66(60,61)63-51-50-57(3,4)5)52-62-55(58)48-46-44-42-40-38-36-34-32-23-21-19-17-15-13-11-9-7-2/h54H,6-53H2,1-5H3. The molecule has 0 saturated carbocycles. The molecule has 0 aliphatic carbocycles. The van der Waals surface area contributed by atoms with Crippen molar-refractivity contribution in [2.24, 2.45) is 0 Å². The summed E-state index contributed by atoms with van der Waals surface area (Å²) in [4.78, 5) is 37.8. The van der Waals surface area contributed by atoms with Gasteiger partial charge in [-0.3, -0.25) is 14.2 Å². The molecule has 2 unspecified atom stereocenters. The fraction of sp³-hybridized carbons (Fsp3) is 0.964. The zero-order valence-corrected chi connectivity index (χ0v) is 45.6.